The van der Waals surface area contributed by atoms with Gasteiger partial charge in [0.1, 0.15) is 26.7 Å². The Hall–Kier alpha value is -0.338. The summed E-state index contributed by atoms with van der Waals surface area (Å²) in [5.41, 5.74) is -4.43. The van der Waals surface area contributed by atoms with E-state index in [4.69, 9.17) is 26.3 Å². The molecule has 0 spiro atoms. The molecule has 1 aromatic rings. The molecule has 0 amide bonds. The fourth-order valence-electron chi connectivity index (χ4n) is 4.24. The summed E-state index contributed by atoms with van der Waals surface area (Å²) in [6.45, 7) is 16.0. The highest BCUT2D eigenvalue weighted by Crippen LogP contribution is 2.60. The van der Waals surface area contributed by atoms with Crippen molar-refractivity contribution in [1.82, 2.24) is 0 Å². The van der Waals surface area contributed by atoms with Crippen LogP contribution in [0.3, 0.4) is 0 Å². The van der Waals surface area contributed by atoms with Crippen molar-refractivity contribution in [3.8, 4) is 0 Å². The Labute approximate surface area is 230 Å². The van der Waals surface area contributed by atoms with E-state index >= 15 is 8.78 Å². The Morgan fingerprint density at radius 2 is 1.68 bits per heavy atom. The van der Waals surface area contributed by atoms with Gasteiger partial charge in [0, 0.05) is 18.8 Å². The molecule has 0 aromatic heterocycles. The quantitative estimate of drug-likeness (QED) is 0.179. The highest BCUT2D eigenvalue weighted by atomic mass is 31.2. The predicted molar refractivity (Wildman–Crippen MR) is 154 cm³/mol. The van der Waals surface area contributed by atoms with Gasteiger partial charge in [0.2, 0.25) is 0 Å². The summed E-state index contributed by atoms with van der Waals surface area (Å²) >= 11 is 0. The van der Waals surface area contributed by atoms with E-state index in [0.29, 0.717) is 0 Å². The molecule has 216 valence electrons. The number of alkyl halides is 2. The maximum atomic E-state index is 15.5. The average Bonchev–Trinajstić information content (AvgIpc) is 3.00. The lowest BCUT2D eigenvalue weighted by Crippen LogP contribution is -2.53. The van der Waals surface area contributed by atoms with E-state index in [1.54, 1.807) is 6.92 Å². The summed E-state index contributed by atoms with van der Waals surface area (Å²) in [6.07, 6.45) is -2.89. The second-order valence-electron chi connectivity index (χ2n) is 12.3. The molecule has 0 bridgehead atoms. The van der Waals surface area contributed by atoms with E-state index < -0.39 is 58.7 Å². The molecule has 38 heavy (non-hydrogen) atoms. The topological polar surface area (TPSA) is 71.1 Å². The van der Waals surface area contributed by atoms with Crippen molar-refractivity contribution in [3.63, 3.8) is 0 Å². The van der Waals surface area contributed by atoms with Gasteiger partial charge in [-0.1, -0.05) is 51.1 Å². The van der Waals surface area contributed by atoms with Crippen molar-refractivity contribution in [1.29, 1.82) is 0 Å². The minimum atomic E-state index is -3.89. The third-order valence-corrected chi connectivity index (χ3v) is 15.7. The minimum Gasteiger partial charge on any atom is -0.409 e. The summed E-state index contributed by atoms with van der Waals surface area (Å²) in [6, 6.07) is 8.27. The van der Waals surface area contributed by atoms with Crippen LogP contribution in [0.2, 0.25) is 18.1 Å². The second kappa shape index (κ2) is 12.3. The van der Waals surface area contributed by atoms with Crippen LogP contribution >= 0.6 is 14.5 Å². The maximum absolute atomic E-state index is 15.5. The standard InChI is InChI=1S/C26H45BF2O6P2Si/c1-10-33-37(7,31)17-16-25(19-26(28,29)36(5,6)30)22(32-18-20-14-12-11-13-15-20)21(23(27)34-25)35-38(8,9)24(2,3)4/h11-15,21-23H,10,16-19H2,1-9H3/t21-,22?,23+,25+,37?/m0/s1. The van der Waals surface area contributed by atoms with Gasteiger partial charge in [-0.2, -0.15) is 8.78 Å². The monoisotopic (exact) mass is 592 g/mol. The SMILES string of the molecule is [B][C@@H]1O[C@](CCP(C)(=O)OCC)(CC(F)(F)P(C)(C)=O)C(OCc2ccccc2)[C@@H]1O[Si](C)(C)C(C)(C)C. The first-order chi connectivity index (χ1) is 17.2. The first-order valence-corrected chi connectivity index (χ1v) is 20.8. The molecule has 1 heterocycles. The maximum Gasteiger partial charge on any atom is 0.300 e. The molecule has 1 aliphatic rings. The Morgan fingerprint density at radius 1 is 1.11 bits per heavy atom. The van der Waals surface area contributed by atoms with Crippen molar-refractivity contribution in [2.24, 2.45) is 0 Å². The third kappa shape index (κ3) is 8.34. The molecule has 1 fully saturated rings. The van der Waals surface area contributed by atoms with Gasteiger partial charge in [0.05, 0.1) is 25.7 Å². The van der Waals surface area contributed by atoms with Gasteiger partial charge in [0.15, 0.2) is 15.7 Å². The number of benzene rings is 1. The molecule has 2 unspecified atom stereocenters. The lowest BCUT2D eigenvalue weighted by atomic mass is 9.85. The zero-order valence-corrected chi connectivity index (χ0v) is 27.1. The van der Waals surface area contributed by atoms with Crippen molar-refractivity contribution >= 4 is 30.7 Å². The normalized spacial score (nSPS) is 26.9. The third-order valence-electron chi connectivity index (χ3n) is 7.66. The molecule has 1 saturated heterocycles. The van der Waals surface area contributed by atoms with E-state index in [1.165, 1.54) is 6.66 Å². The highest BCUT2D eigenvalue weighted by Gasteiger charge is 2.62. The minimum absolute atomic E-state index is 0.0284. The zero-order valence-electron chi connectivity index (χ0n) is 24.3. The predicted octanol–water partition coefficient (Wildman–Crippen LogP) is 7.17. The van der Waals surface area contributed by atoms with Gasteiger partial charge < -0.3 is 23.0 Å². The molecule has 2 rings (SSSR count). The summed E-state index contributed by atoms with van der Waals surface area (Å²) in [7, 11) is -3.00. The van der Waals surface area contributed by atoms with E-state index in [0.717, 1.165) is 18.9 Å². The molecule has 12 heteroatoms. The average molecular weight is 592 g/mol. The summed E-state index contributed by atoms with van der Waals surface area (Å²) < 4.78 is 81.5. The fraction of sp³-hybridized carbons (Fsp3) is 0.769. The Balaban J connectivity index is 2.60. The summed E-state index contributed by atoms with van der Waals surface area (Å²) in [5.74, 6) is 0. The van der Waals surface area contributed by atoms with Crippen molar-refractivity contribution in [2.75, 3.05) is 32.8 Å². The van der Waals surface area contributed by atoms with E-state index in [9.17, 15) is 9.13 Å². The van der Waals surface area contributed by atoms with Crippen LogP contribution < -0.4 is 0 Å². The summed E-state index contributed by atoms with van der Waals surface area (Å²) in [4.78, 5) is 0. The van der Waals surface area contributed by atoms with Crippen molar-refractivity contribution in [2.45, 2.75) is 94.8 Å². The number of halogens is 2. The van der Waals surface area contributed by atoms with E-state index in [-0.39, 0.29) is 30.8 Å². The van der Waals surface area contributed by atoms with Gasteiger partial charge in [0.25, 0.3) is 5.66 Å². The van der Waals surface area contributed by atoms with Crippen LogP contribution in [0.1, 0.15) is 46.1 Å². The lowest BCUT2D eigenvalue weighted by Gasteiger charge is -2.42. The van der Waals surface area contributed by atoms with Crippen LogP contribution in [0.5, 0.6) is 0 Å². The van der Waals surface area contributed by atoms with Crippen molar-refractivity contribution < 1.29 is 36.3 Å². The van der Waals surface area contributed by atoms with Gasteiger partial charge in [-0.05, 0) is 50.4 Å². The van der Waals surface area contributed by atoms with Gasteiger partial charge >= 0.3 is 0 Å². The first kappa shape index (κ1) is 33.9. The number of ether oxygens (including phenoxy) is 2. The molecule has 6 nitrogen and oxygen atoms in total. The van der Waals surface area contributed by atoms with Crippen LogP contribution in [0.25, 0.3) is 0 Å². The molecule has 0 N–H and O–H groups in total. The molecule has 0 aliphatic carbocycles. The molecular formula is C26H45BF2O6P2Si. The highest BCUT2D eigenvalue weighted by molar-refractivity contribution is 7.63. The Kier molecular flexibility index (Phi) is 10.9. The molecular weight excluding hydrogens is 547 g/mol. The first-order valence-electron chi connectivity index (χ1n) is 13.1. The summed E-state index contributed by atoms with van der Waals surface area (Å²) in [5, 5.41) is -0.192. The van der Waals surface area contributed by atoms with Crippen LogP contribution in [0.4, 0.5) is 8.78 Å². The van der Waals surface area contributed by atoms with E-state index in [2.05, 4.69) is 20.8 Å². The van der Waals surface area contributed by atoms with Gasteiger partial charge in [-0.15, -0.1) is 0 Å². The molecule has 0 saturated carbocycles. The Morgan fingerprint density at radius 3 is 2.18 bits per heavy atom. The Bertz CT molecular complexity index is 1020. The van der Waals surface area contributed by atoms with Crippen LogP contribution in [0.15, 0.2) is 30.3 Å². The molecule has 1 aromatic carbocycles. The molecule has 1 aliphatic heterocycles. The smallest absolute Gasteiger partial charge is 0.300 e. The lowest BCUT2D eigenvalue weighted by molar-refractivity contribution is -0.136. The largest absolute Gasteiger partial charge is 0.409 e. The van der Waals surface area contributed by atoms with Crippen molar-refractivity contribution in [3.05, 3.63) is 35.9 Å². The second-order valence-corrected chi connectivity index (χ2v) is 23.2. The van der Waals surface area contributed by atoms with Gasteiger partial charge in [-0.3, -0.25) is 4.57 Å². The fourth-order valence-corrected chi connectivity index (χ4v) is 7.64. The van der Waals surface area contributed by atoms with Crippen LogP contribution in [-0.4, -0.2) is 78.4 Å². The molecule has 5 atom stereocenters. The number of hydrogen-bond acceptors (Lipinski definition) is 6. The van der Waals surface area contributed by atoms with E-state index in [1.807, 2.05) is 43.4 Å². The zero-order chi connectivity index (χ0) is 29.2. The van der Waals surface area contributed by atoms with Gasteiger partial charge in [-0.25, -0.2) is 0 Å². The van der Waals surface area contributed by atoms with Crippen LogP contribution in [-0.2, 0) is 34.2 Å². The molecule has 2 radical (unpaired) electrons. The number of hydrogen-bond donors (Lipinski definition) is 0. The number of rotatable bonds is 13. The van der Waals surface area contributed by atoms with Crippen LogP contribution in [0, 0.1) is 0 Å².